The van der Waals surface area contributed by atoms with Gasteiger partial charge in [0.2, 0.25) is 0 Å². The minimum atomic E-state index is -4.10. The molecule has 9 nitrogen and oxygen atoms in total. The second-order valence-corrected chi connectivity index (χ2v) is 13.6. The molecule has 49 heavy (non-hydrogen) atoms. The molecule has 1 aliphatic rings. The first-order valence-corrected chi connectivity index (χ1v) is 17.8. The van der Waals surface area contributed by atoms with E-state index < -0.39 is 45.3 Å². The molecule has 0 bridgehead atoms. The van der Waals surface area contributed by atoms with Crippen LogP contribution in [0.3, 0.4) is 0 Å². The van der Waals surface area contributed by atoms with Gasteiger partial charge in [0.25, 0.3) is 21.5 Å². The minimum absolute atomic E-state index is 0.0497. The number of hydrogen-bond donors (Lipinski definition) is 0. The van der Waals surface area contributed by atoms with Crippen molar-refractivity contribution < 1.29 is 26.5 Å². The Morgan fingerprint density at radius 1 is 0.898 bits per heavy atom. The lowest BCUT2D eigenvalue weighted by Gasteiger charge is -2.36. The molecule has 0 radical (unpaired) electrons. The first-order valence-electron chi connectivity index (χ1n) is 16.0. The Morgan fingerprint density at radius 3 is 2.16 bits per heavy atom. The van der Waals surface area contributed by atoms with Gasteiger partial charge in [0, 0.05) is 12.5 Å². The largest absolute Gasteiger partial charge is 0.483 e. The predicted molar refractivity (Wildman–Crippen MR) is 183 cm³/mol. The number of carbonyl (C=O) groups is 1. The molecule has 1 fully saturated rings. The van der Waals surface area contributed by atoms with E-state index in [0.29, 0.717) is 18.4 Å². The van der Waals surface area contributed by atoms with Crippen LogP contribution < -0.4 is 10.2 Å². The van der Waals surface area contributed by atoms with Crippen LogP contribution in [0.2, 0.25) is 0 Å². The molecule has 0 aliphatic carbocycles. The zero-order valence-corrected chi connectivity index (χ0v) is 27.7. The van der Waals surface area contributed by atoms with Crippen molar-refractivity contribution in [2.45, 2.75) is 44.1 Å². The highest BCUT2D eigenvalue weighted by molar-refractivity contribution is 7.86. The first kappa shape index (κ1) is 33.8. The van der Waals surface area contributed by atoms with Crippen molar-refractivity contribution in [1.29, 1.82) is 0 Å². The summed E-state index contributed by atoms with van der Waals surface area (Å²) in [5, 5.41) is 4.49. The van der Waals surface area contributed by atoms with Gasteiger partial charge in [0.05, 0.1) is 25.0 Å². The van der Waals surface area contributed by atoms with Crippen LogP contribution in [0.4, 0.5) is 4.39 Å². The van der Waals surface area contributed by atoms with E-state index in [1.807, 2.05) is 60.7 Å². The van der Waals surface area contributed by atoms with Crippen molar-refractivity contribution >= 4 is 16.0 Å². The zero-order valence-electron chi connectivity index (χ0n) is 26.9. The van der Waals surface area contributed by atoms with Crippen LogP contribution in [-0.2, 0) is 27.5 Å². The molecule has 1 aromatic heterocycles. The molecule has 1 aliphatic heterocycles. The number of nitrogens with zero attached hydrogens (tertiary/aromatic N) is 3. The van der Waals surface area contributed by atoms with E-state index in [2.05, 4.69) is 5.10 Å². The van der Waals surface area contributed by atoms with Crippen LogP contribution in [0.5, 0.6) is 5.75 Å². The smallest absolute Gasteiger partial charge is 0.278 e. The molecule has 0 spiro atoms. The lowest BCUT2D eigenvalue weighted by atomic mass is 9.82. The van der Waals surface area contributed by atoms with E-state index in [4.69, 9.17) is 8.92 Å². The maximum absolute atomic E-state index is 15.5. The highest BCUT2D eigenvalue weighted by Crippen LogP contribution is 2.38. The summed E-state index contributed by atoms with van der Waals surface area (Å²) in [7, 11) is -4.10. The average molecular weight is 682 g/mol. The third-order valence-electron chi connectivity index (χ3n) is 8.51. The van der Waals surface area contributed by atoms with Gasteiger partial charge in [-0.2, -0.15) is 13.5 Å². The van der Waals surface area contributed by atoms with Crippen LogP contribution in [0.1, 0.15) is 51.5 Å². The van der Waals surface area contributed by atoms with E-state index in [1.165, 1.54) is 21.8 Å². The van der Waals surface area contributed by atoms with E-state index in [-0.39, 0.29) is 36.7 Å². The molecular formula is C38H36FN3O6S. The molecule has 5 aromatic rings. The monoisotopic (exact) mass is 681 g/mol. The van der Waals surface area contributed by atoms with Gasteiger partial charge in [0.1, 0.15) is 18.5 Å². The molecule has 1 amide bonds. The lowest BCUT2D eigenvalue weighted by molar-refractivity contribution is 0.0524. The van der Waals surface area contributed by atoms with Gasteiger partial charge in [-0.1, -0.05) is 109 Å². The number of rotatable bonds is 12. The topological polar surface area (TPSA) is 108 Å². The molecule has 1 saturated heterocycles. The summed E-state index contributed by atoms with van der Waals surface area (Å²) in [6.07, 6.45) is 2.05. The molecular weight excluding hydrogens is 645 g/mol. The van der Waals surface area contributed by atoms with Crippen molar-refractivity contribution in [2.75, 3.05) is 12.8 Å². The van der Waals surface area contributed by atoms with Crippen molar-refractivity contribution in [3.8, 4) is 5.75 Å². The summed E-state index contributed by atoms with van der Waals surface area (Å²) in [6, 6.07) is 33.0. The number of ether oxygens (including phenoxy) is 1. The van der Waals surface area contributed by atoms with E-state index in [0.717, 1.165) is 17.4 Å². The third kappa shape index (κ3) is 8.13. The molecule has 3 atom stereocenters. The lowest BCUT2D eigenvalue weighted by Crippen LogP contribution is -2.48. The number of hydrogen-bond acceptors (Lipinski definition) is 7. The van der Waals surface area contributed by atoms with Crippen LogP contribution >= 0.6 is 0 Å². The summed E-state index contributed by atoms with van der Waals surface area (Å²) in [5.74, 6) is -2.19. The number of aromatic nitrogens is 2. The number of halogens is 1. The van der Waals surface area contributed by atoms with Crippen LogP contribution in [-0.4, -0.2) is 54.0 Å². The summed E-state index contributed by atoms with van der Waals surface area (Å²) >= 11 is 0. The normalized spacial score (nSPS) is 15.9. The van der Waals surface area contributed by atoms with Crippen molar-refractivity contribution in [3.63, 3.8) is 0 Å². The standard InChI is InChI=1S/C38H36FN3O6S/c1-49(45,46)48-37(34(29-18-9-4-10-19-29)30-20-11-12-21-31(30)39)32-22-13-23-42(32)38(44)35-36(43)33(47-26-28-16-7-3-8-17-28)25-41(40-35)24-27-14-5-2-6-15-27/h2-12,14-21,25,32,34,37H,13,22-24,26H2,1H3/t32-,34?,37?/m1/s1. The number of benzene rings is 4. The van der Waals surface area contributed by atoms with Gasteiger partial charge >= 0.3 is 0 Å². The second-order valence-electron chi connectivity index (χ2n) is 12.0. The highest BCUT2D eigenvalue weighted by atomic mass is 32.2. The molecule has 6 rings (SSSR count). The molecule has 0 saturated carbocycles. The fourth-order valence-electron chi connectivity index (χ4n) is 6.34. The Balaban J connectivity index is 1.41. The average Bonchev–Trinajstić information content (AvgIpc) is 3.59. The fraction of sp³-hybridized carbons (Fsp3) is 0.237. The Hall–Kier alpha value is -5.13. The van der Waals surface area contributed by atoms with Crippen LogP contribution in [0.15, 0.2) is 126 Å². The molecule has 252 valence electrons. The SMILES string of the molecule is CS(=O)(=O)OC(C(c1ccccc1)c1ccccc1F)[C@H]1CCCN1C(=O)c1nn(Cc2ccccc2)cc(OCc2ccccc2)c1=O. The Bertz CT molecular complexity index is 2060. The Morgan fingerprint density at radius 2 is 1.51 bits per heavy atom. The van der Waals surface area contributed by atoms with Gasteiger partial charge < -0.3 is 9.64 Å². The number of likely N-dealkylation sites (tertiary alicyclic amines) is 1. The maximum Gasteiger partial charge on any atom is 0.278 e. The fourth-order valence-corrected chi connectivity index (χ4v) is 6.99. The molecule has 0 N–H and O–H groups in total. The first-order chi connectivity index (χ1) is 23.7. The van der Waals surface area contributed by atoms with Crippen molar-refractivity contribution in [2.24, 2.45) is 0 Å². The second kappa shape index (κ2) is 15.0. The van der Waals surface area contributed by atoms with Gasteiger partial charge in [-0.25, -0.2) is 4.39 Å². The summed E-state index contributed by atoms with van der Waals surface area (Å²) in [6.45, 7) is 0.563. The highest BCUT2D eigenvalue weighted by Gasteiger charge is 2.44. The number of carbonyl (C=O) groups excluding carboxylic acids is 1. The molecule has 4 aromatic carbocycles. The maximum atomic E-state index is 15.5. The van der Waals surface area contributed by atoms with E-state index in [9.17, 15) is 18.0 Å². The molecule has 11 heteroatoms. The summed E-state index contributed by atoms with van der Waals surface area (Å²) < 4.78 is 54.3. The van der Waals surface area contributed by atoms with Crippen molar-refractivity contribution in [1.82, 2.24) is 14.7 Å². The minimum Gasteiger partial charge on any atom is -0.483 e. The predicted octanol–water partition coefficient (Wildman–Crippen LogP) is 5.79. The summed E-state index contributed by atoms with van der Waals surface area (Å²) in [5.41, 5.74) is 1.50. The van der Waals surface area contributed by atoms with Gasteiger partial charge in [-0.05, 0) is 41.2 Å². The number of amides is 1. The van der Waals surface area contributed by atoms with Crippen LogP contribution in [0.25, 0.3) is 0 Å². The third-order valence-corrected chi connectivity index (χ3v) is 9.09. The van der Waals surface area contributed by atoms with E-state index in [1.54, 1.807) is 48.5 Å². The Kier molecular flexibility index (Phi) is 10.3. The van der Waals surface area contributed by atoms with Gasteiger partial charge in [-0.3, -0.25) is 18.5 Å². The van der Waals surface area contributed by atoms with Gasteiger partial charge in [-0.15, -0.1) is 0 Å². The molecule has 2 unspecified atom stereocenters. The van der Waals surface area contributed by atoms with Crippen LogP contribution in [0, 0.1) is 5.82 Å². The molecule has 2 heterocycles. The quantitative estimate of drug-likeness (QED) is 0.154. The Labute approximate surface area is 284 Å². The van der Waals surface area contributed by atoms with Gasteiger partial charge in [0.15, 0.2) is 11.4 Å². The zero-order chi connectivity index (χ0) is 34.4. The van der Waals surface area contributed by atoms with Crippen molar-refractivity contribution in [3.05, 3.63) is 165 Å². The van der Waals surface area contributed by atoms with E-state index >= 15 is 4.39 Å². The summed E-state index contributed by atoms with van der Waals surface area (Å²) in [4.78, 5) is 29.8.